The number of nitrogens with one attached hydrogen (secondary N) is 1. The van der Waals surface area contributed by atoms with E-state index in [9.17, 15) is 14.7 Å². The molecule has 1 saturated heterocycles. The van der Waals surface area contributed by atoms with Crippen LogP contribution in [0.2, 0.25) is 0 Å². The number of likely N-dealkylation sites (tertiary alicyclic amines) is 1. The second-order valence-corrected chi connectivity index (χ2v) is 6.37. The van der Waals surface area contributed by atoms with Gasteiger partial charge in [-0.3, -0.25) is 9.69 Å². The topological polar surface area (TPSA) is 90.7 Å². The van der Waals surface area contributed by atoms with Crippen LogP contribution in [0, 0.1) is 0 Å². The number of aromatic nitrogens is 3. The number of hydrogen-bond donors (Lipinski definition) is 2. The zero-order valence-electron chi connectivity index (χ0n) is 13.6. The second kappa shape index (κ2) is 5.77. The summed E-state index contributed by atoms with van der Waals surface area (Å²) in [5.74, 6) is 0.393. The van der Waals surface area contributed by atoms with Gasteiger partial charge in [0, 0.05) is 19.2 Å². The van der Waals surface area contributed by atoms with E-state index in [-0.39, 0.29) is 5.56 Å². The summed E-state index contributed by atoms with van der Waals surface area (Å²) < 4.78 is 1.51. The normalized spacial score (nSPS) is 20.2. The van der Waals surface area contributed by atoms with Crippen LogP contribution in [0.3, 0.4) is 0 Å². The summed E-state index contributed by atoms with van der Waals surface area (Å²) in [5.41, 5.74) is 0.314. The number of carboxylic acid groups (broad SMARTS) is 1. The van der Waals surface area contributed by atoms with E-state index in [1.807, 2.05) is 30.3 Å². The quantitative estimate of drug-likeness (QED) is 0.766. The zero-order valence-corrected chi connectivity index (χ0v) is 13.6. The van der Waals surface area contributed by atoms with Crippen molar-refractivity contribution in [2.45, 2.75) is 24.8 Å². The van der Waals surface area contributed by atoms with Gasteiger partial charge in [-0.2, -0.15) is 5.10 Å². The highest BCUT2D eigenvalue weighted by atomic mass is 16.4. The molecule has 1 unspecified atom stereocenters. The van der Waals surface area contributed by atoms with Crippen LogP contribution in [-0.2, 0) is 12.0 Å². The Kier molecular flexibility index (Phi) is 3.56. The minimum absolute atomic E-state index is 0.264. The molecular weight excluding hydrogens is 320 g/mol. The first-order valence-electron chi connectivity index (χ1n) is 8.23. The number of nitrogens with zero attached hydrogens (tertiary/aromatic N) is 3. The zero-order chi connectivity index (χ0) is 17.4. The molecule has 128 valence electrons. The van der Waals surface area contributed by atoms with Gasteiger partial charge < -0.3 is 10.1 Å². The Morgan fingerprint density at radius 1 is 1.24 bits per heavy atom. The van der Waals surface area contributed by atoms with Crippen molar-refractivity contribution < 1.29 is 9.90 Å². The van der Waals surface area contributed by atoms with E-state index < -0.39 is 11.6 Å². The lowest BCUT2D eigenvalue weighted by Gasteiger charge is -2.35. The van der Waals surface area contributed by atoms with Crippen molar-refractivity contribution in [3.8, 4) is 0 Å². The first-order chi connectivity index (χ1) is 12.1. The van der Waals surface area contributed by atoms with Crippen molar-refractivity contribution in [3.05, 3.63) is 70.4 Å². The van der Waals surface area contributed by atoms with Crippen LogP contribution in [0.25, 0.3) is 5.52 Å². The number of hydrogen-bond acceptors (Lipinski definition) is 3. The molecule has 7 nitrogen and oxygen atoms in total. The van der Waals surface area contributed by atoms with Gasteiger partial charge in [-0.25, -0.2) is 9.31 Å². The molecule has 0 radical (unpaired) electrons. The predicted molar refractivity (Wildman–Crippen MR) is 91.6 cm³/mol. The monoisotopic (exact) mass is 338 g/mol. The van der Waals surface area contributed by atoms with Crippen LogP contribution in [-0.4, -0.2) is 37.2 Å². The standard InChI is InChI=1S/C18H18N4O3/c23-15-14-8-4-11-22(14)20-16(19-15)18(9-5-10-21(18)17(24)25)12-13-6-2-1-3-7-13/h1-4,6-8,11H,5,9-10,12H2,(H,24,25)(H,19,20,23). The molecule has 0 aliphatic carbocycles. The first-order valence-corrected chi connectivity index (χ1v) is 8.23. The third-order valence-corrected chi connectivity index (χ3v) is 4.90. The number of fused-ring (bicyclic) bond motifs is 1. The summed E-state index contributed by atoms with van der Waals surface area (Å²) in [4.78, 5) is 28.5. The van der Waals surface area contributed by atoms with Crippen molar-refractivity contribution >= 4 is 11.6 Å². The Morgan fingerprint density at radius 2 is 2.04 bits per heavy atom. The van der Waals surface area contributed by atoms with Gasteiger partial charge in [0.1, 0.15) is 11.1 Å². The Bertz CT molecular complexity index is 979. The van der Waals surface area contributed by atoms with E-state index >= 15 is 0 Å². The molecule has 1 atom stereocenters. The van der Waals surface area contributed by atoms with E-state index in [0.29, 0.717) is 30.7 Å². The fraction of sp³-hybridized carbons (Fsp3) is 0.278. The van der Waals surface area contributed by atoms with Crippen LogP contribution >= 0.6 is 0 Å². The van der Waals surface area contributed by atoms with Crippen molar-refractivity contribution in [3.63, 3.8) is 0 Å². The summed E-state index contributed by atoms with van der Waals surface area (Å²) in [6.07, 6.45) is 2.51. The first kappa shape index (κ1) is 15.4. The maximum absolute atomic E-state index is 12.4. The maximum Gasteiger partial charge on any atom is 0.408 e. The highest BCUT2D eigenvalue weighted by Crippen LogP contribution is 2.39. The van der Waals surface area contributed by atoms with Gasteiger partial charge in [-0.1, -0.05) is 30.3 Å². The van der Waals surface area contributed by atoms with Crippen LogP contribution in [0.1, 0.15) is 24.2 Å². The lowest BCUT2D eigenvalue weighted by atomic mass is 9.87. The largest absolute Gasteiger partial charge is 0.465 e. The van der Waals surface area contributed by atoms with Gasteiger partial charge in [0.15, 0.2) is 5.82 Å². The smallest absolute Gasteiger partial charge is 0.408 e. The van der Waals surface area contributed by atoms with Crippen LogP contribution in [0.5, 0.6) is 0 Å². The van der Waals surface area contributed by atoms with Crippen molar-refractivity contribution in [2.24, 2.45) is 0 Å². The summed E-state index contributed by atoms with van der Waals surface area (Å²) in [6.45, 7) is 0.426. The lowest BCUT2D eigenvalue weighted by Crippen LogP contribution is -2.48. The molecule has 4 rings (SSSR count). The Balaban J connectivity index is 1.90. The molecule has 1 aromatic carbocycles. The third-order valence-electron chi connectivity index (χ3n) is 4.90. The molecule has 1 amide bonds. The molecule has 7 heteroatoms. The molecule has 1 aliphatic heterocycles. The summed E-state index contributed by atoms with van der Waals surface area (Å²) in [7, 11) is 0. The van der Waals surface area contributed by atoms with E-state index in [0.717, 1.165) is 12.0 Å². The highest BCUT2D eigenvalue weighted by Gasteiger charge is 2.47. The van der Waals surface area contributed by atoms with Gasteiger partial charge in [0.2, 0.25) is 0 Å². The molecular formula is C18H18N4O3. The van der Waals surface area contributed by atoms with E-state index in [4.69, 9.17) is 0 Å². The fourth-order valence-electron chi connectivity index (χ4n) is 3.76. The molecule has 0 saturated carbocycles. The Labute approximate surface area is 143 Å². The second-order valence-electron chi connectivity index (χ2n) is 6.37. The van der Waals surface area contributed by atoms with Gasteiger partial charge >= 0.3 is 6.09 Å². The van der Waals surface area contributed by atoms with Gasteiger partial charge in [-0.05, 0) is 30.5 Å². The number of carbonyl (C=O) groups is 1. The lowest BCUT2D eigenvalue weighted by molar-refractivity contribution is 0.0949. The molecule has 3 heterocycles. The number of aromatic amines is 1. The summed E-state index contributed by atoms with van der Waals surface area (Å²) in [5, 5.41) is 14.3. The van der Waals surface area contributed by atoms with Gasteiger partial charge in [0.05, 0.1) is 0 Å². The third kappa shape index (κ3) is 2.48. The Hall–Kier alpha value is -3.09. The summed E-state index contributed by atoms with van der Waals surface area (Å²) >= 11 is 0. The van der Waals surface area contributed by atoms with Crippen molar-refractivity contribution in [1.29, 1.82) is 0 Å². The van der Waals surface area contributed by atoms with E-state index in [1.54, 1.807) is 18.3 Å². The number of H-pyrrole nitrogens is 1. The maximum atomic E-state index is 12.4. The average Bonchev–Trinajstić information content (AvgIpc) is 3.23. The minimum atomic E-state index is -0.997. The molecule has 2 N–H and O–H groups in total. The van der Waals surface area contributed by atoms with E-state index in [2.05, 4.69) is 10.1 Å². The minimum Gasteiger partial charge on any atom is -0.465 e. The van der Waals surface area contributed by atoms with Crippen molar-refractivity contribution in [2.75, 3.05) is 6.54 Å². The number of amides is 1. The highest BCUT2D eigenvalue weighted by molar-refractivity contribution is 5.67. The molecule has 3 aromatic rings. The van der Waals surface area contributed by atoms with Crippen LogP contribution in [0.4, 0.5) is 4.79 Å². The van der Waals surface area contributed by atoms with Gasteiger partial charge in [0.25, 0.3) is 5.56 Å². The van der Waals surface area contributed by atoms with Gasteiger partial charge in [-0.15, -0.1) is 0 Å². The van der Waals surface area contributed by atoms with E-state index in [1.165, 1.54) is 9.42 Å². The van der Waals surface area contributed by atoms with Crippen molar-refractivity contribution in [1.82, 2.24) is 19.5 Å². The number of benzene rings is 1. The molecule has 2 aromatic heterocycles. The number of rotatable bonds is 3. The summed E-state index contributed by atoms with van der Waals surface area (Å²) in [6, 6.07) is 13.1. The molecule has 0 bridgehead atoms. The molecule has 0 spiro atoms. The van der Waals surface area contributed by atoms with Crippen LogP contribution < -0.4 is 5.56 Å². The fourth-order valence-corrected chi connectivity index (χ4v) is 3.76. The Morgan fingerprint density at radius 3 is 2.80 bits per heavy atom. The van der Waals surface area contributed by atoms with Crippen LogP contribution in [0.15, 0.2) is 53.5 Å². The SMILES string of the molecule is O=C(O)N1CCCC1(Cc1ccccc1)c1nn2cccc2c(=O)[nH]1. The predicted octanol–water partition coefficient (Wildman–Crippen LogP) is 2.23. The molecule has 1 aliphatic rings. The molecule has 1 fully saturated rings. The molecule has 25 heavy (non-hydrogen) atoms. The average molecular weight is 338 g/mol.